The van der Waals surface area contributed by atoms with E-state index < -0.39 is 0 Å². The molecule has 102 valence electrons. The minimum absolute atomic E-state index is 0.786. The first-order valence-electron chi connectivity index (χ1n) is 6.85. The summed E-state index contributed by atoms with van der Waals surface area (Å²) in [4.78, 5) is 0. The molecule has 0 saturated heterocycles. The first kappa shape index (κ1) is 16.6. The molecule has 0 rings (SSSR count). The van der Waals surface area contributed by atoms with E-state index in [-0.39, 0.29) is 0 Å². The number of nitrogens with one attached hydrogen (secondary N) is 3. The van der Waals surface area contributed by atoms with Gasteiger partial charge in [0.05, 0.1) is 0 Å². The topological polar surface area (TPSA) is 62.1 Å². The number of nitrogens with two attached hydrogens (primary N) is 1. The van der Waals surface area contributed by atoms with Gasteiger partial charge in [0.25, 0.3) is 0 Å². The van der Waals surface area contributed by atoms with Gasteiger partial charge in [-0.05, 0) is 65.0 Å². The fourth-order valence-corrected chi connectivity index (χ4v) is 1.52. The largest absolute Gasteiger partial charge is 0.330 e. The first-order chi connectivity index (χ1) is 8.41. The van der Waals surface area contributed by atoms with E-state index in [2.05, 4.69) is 22.5 Å². The molecule has 4 heteroatoms. The molecule has 0 atom stereocenters. The quantitative estimate of drug-likeness (QED) is 0.264. The van der Waals surface area contributed by atoms with Crippen LogP contribution < -0.4 is 21.7 Å². The third kappa shape index (κ3) is 15.6. The Morgan fingerprint density at radius 2 is 1.29 bits per heavy atom. The van der Waals surface area contributed by atoms with E-state index in [0.29, 0.717) is 0 Å². The highest BCUT2D eigenvalue weighted by molar-refractivity contribution is 4.69. The van der Waals surface area contributed by atoms with Crippen molar-refractivity contribution >= 4 is 0 Å². The van der Waals surface area contributed by atoms with E-state index in [1.165, 1.54) is 19.3 Å². The normalized spacial score (nSPS) is 10.6. The van der Waals surface area contributed by atoms with Crippen molar-refractivity contribution in [2.45, 2.75) is 25.7 Å². The van der Waals surface area contributed by atoms with Gasteiger partial charge in [-0.15, -0.1) is 6.58 Å². The van der Waals surface area contributed by atoms with Crippen LogP contribution in [0.2, 0.25) is 0 Å². The molecule has 0 bridgehead atoms. The Hall–Kier alpha value is -0.420. The standard InChI is InChI=1S/C13H30N4/c1-2-8-15-12-6-13-17-10-4-3-9-16-11-5-7-14/h2,15-17H,1,3-14H2. The summed E-state index contributed by atoms with van der Waals surface area (Å²) in [6.07, 6.45) is 6.64. The van der Waals surface area contributed by atoms with Crippen LogP contribution in [0, 0.1) is 0 Å². The van der Waals surface area contributed by atoms with Gasteiger partial charge < -0.3 is 21.7 Å². The van der Waals surface area contributed by atoms with Gasteiger partial charge in [0.2, 0.25) is 0 Å². The highest BCUT2D eigenvalue weighted by Crippen LogP contribution is 1.85. The van der Waals surface area contributed by atoms with Crippen molar-refractivity contribution in [2.24, 2.45) is 5.73 Å². The molecule has 4 nitrogen and oxygen atoms in total. The van der Waals surface area contributed by atoms with Crippen LogP contribution in [0.3, 0.4) is 0 Å². The summed E-state index contributed by atoms with van der Waals surface area (Å²) in [6.45, 7) is 10.8. The summed E-state index contributed by atoms with van der Waals surface area (Å²) in [5.41, 5.74) is 5.41. The maximum Gasteiger partial charge on any atom is 0.0132 e. The fourth-order valence-electron chi connectivity index (χ4n) is 1.52. The predicted molar refractivity (Wildman–Crippen MR) is 76.3 cm³/mol. The van der Waals surface area contributed by atoms with E-state index in [1.807, 2.05) is 6.08 Å². The van der Waals surface area contributed by atoms with Crippen molar-refractivity contribution in [3.63, 3.8) is 0 Å². The molecule has 0 spiro atoms. The van der Waals surface area contributed by atoms with E-state index >= 15 is 0 Å². The van der Waals surface area contributed by atoms with Crippen molar-refractivity contribution in [2.75, 3.05) is 45.8 Å². The second-order valence-corrected chi connectivity index (χ2v) is 4.20. The lowest BCUT2D eigenvalue weighted by atomic mass is 10.3. The summed E-state index contributed by atoms with van der Waals surface area (Å²) >= 11 is 0. The second-order valence-electron chi connectivity index (χ2n) is 4.20. The van der Waals surface area contributed by atoms with Crippen LogP contribution in [0.25, 0.3) is 0 Å². The van der Waals surface area contributed by atoms with Gasteiger partial charge in [0.1, 0.15) is 0 Å². The van der Waals surface area contributed by atoms with Crippen molar-refractivity contribution in [3.8, 4) is 0 Å². The maximum absolute atomic E-state index is 5.41. The van der Waals surface area contributed by atoms with Gasteiger partial charge >= 0.3 is 0 Å². The van der Waals surface area contributed by atoms with Gasteiger partial charge in [-0.25, -0.2) is 0 Å². The van der Waals surface area contributed by atoms with Gasteiger partial charge in [-0.2, -0.15) is 0 Å². The first-order valence-corrected chi connectivity index (χ1v) is 6.85. The minimum atomic E-state index is 0.786. The molecule has 0 aliphatic heterocycles. The van der Waals surface area contributed by atoms with Crippen LogP contribution in [-0.2, 0) is 0 Å². The zero-order valence-corrected chi connectivity index (χ0v) is 11.1. The fraction of sp³-hybridized carbons (Fsp3) is 0.846. The molecule has 0 aliphatic rings. The lowest BCUT2D eigenvalue weighted by molar-refractivity contribution is 0.561. The van der Waals surface area contributed by atoms with Crippen LogP contribution in [0.5, 0.6) is 0 Å². The van der Waals surface area contributed by atoms with E-state index in [9.17, 15) is 0 Å². The molecule has 0 aromatic rings. The second kappa shape index (κ2) is 15.6. The average Bonchev–Trinajstić information content (AvgIpc) is 2.35. The molecule has 0 aliphatic carbocycles. The molecule has 0 saturated carbocycles. The Morgan fingerprint density at radius 1 is 0.765 bits per heavy atom. The molecule has 0 unspecified atom stereocenters. The Morgan fingerprint density at radius 3 is 1.88 bits per heavy atom. The molecular weight excluding hydrogens is 212 g/mol. The SMILES string of the molecule is C=CCNCCCNCCCCNCCCN. The molecule has 0 radical (unpaired) electrons. The number of hydrogen-bond acceptors (Lipinski definition) is 4. The van der Waals surface area contributed by atoms with Crippen LogP contribution in [0.4, 0.5) is 0 Å². The molecule has 0 fully saturated rings. The highest BCUT2D eigenvalue weighted by Gasteiger charge is 1.90. The van der Waals surface area contributed by atoms with E-state index in [0.717, 1.165) is 52.2 Å². The monoisotopic (exact) mass is 242 g/mol. The summed E-state index contributed by atoms with van der Waals surface area (Å²) in [5.74, 6) is 0. The summed E-state index contributed by atoms with van der Waals surface area (Å²) in [5, 5.41) is 10.1. The van der Waals surface area contributed by atoms with E-state index in [4.69, 9.17) is 5.73 Å². The van der Waals surface area contributed by atoms with Crippen molar-refractivity contribution in [1.29, 1.82) is 0 Å². The lowest BCUT2D eigenvalue weighted by Crippen LogP contribution is -2.24. The highest BCUT2D eigenvalue weighted by atomic mass is 14.9. The zero-order valence-electron chi connectivity index (χ0n) is 11.1. The Labute approximate surface area is 106 Å². The molecular formula is C13H30N4. The van der Waals surface area contributed by atoms with Crippen LogP contribution >= 0.6 is 0 Å². The van der Waals surface area contributed by atoms with E-state index in [1.54, 1.807) is 0 Å². The average molecular weight is 242 g/mol. The maximum atomic E-state index is 5.41. The van der Waals surface area contributed by atoms with Gasteiger partial charge in [0, 0.05) is 6.54 Å². The third-order valence-electron chi connectivity index (χ3n) is 2.51. The number of unbranched alkanes of at least 4 members (excludes halogenated alkanes) is 1. The molecule has 0 amide bonds. The minimum Gasteiger partial charge on any atom is -0.330 e. The van der Waals surface area contributed by atoms with Crippen molar-refractivity contribution in [3.05, 3.63) is 12.7 Å². The Kier molecular flexibility index (Phi) is 15.2. The lowest BCUT2D eigenvalue weighted by Gasteiger charge is -2.06. The number of hydrogen-bond donors (Lipinski definition) is 4. The van der Waals surface area contributed by atoms with Crippen LogP contribution in [0.15, 0.2) is 12.7 Å². The smallest absolute Gasteiger partial charge is 0.0132 e. The van der Waals surface area contributed by atoms with Gasteiger partial charge in [0.15, 0.2) is 0 Å². The molecule has 0 aromatic carbocycles. The molecule has 0 heterocycles. The van der Waals surface area contributed by atoms with Gasteiger partial charge in [-0.1, -0.05) is 6.08 Å². The Balaban J connectivity index is 2.87. The predicted octanol–water partition coefficient (Wildman–Crippen LogP) is 0.460. The zero-order chi connectivity index (χ0) is 12.6. The molecule has 0 aromatic heterocycles. The Bertz CT molecular complexity index is 150. The molecule has 17 heavy (non-hydrogen) atoms. The summed E-state index contributed by atoms with van der Waals surface area (Å²) in [7, 11) is 0. The van der Waals surface area contributed by atoms with Crippen molar-refractivity contribution in [1.82, 2.24) is 16.0 Å². The van der Waals surface area contributed by atoms with Crippen LogP contribution in [0.1, 0.15) is 25.7 Å². The summed E-state index contributed by atoms with van der Waals surface area (Å²) in [6, 6.07) is 0. The van der Waals surface area contributed by atoms with Crippen molar-refractivity contribution < 1.29 is 0 Å². The number of rotatable bonds is 14. The molecule has 5 N–H and O–H groups in total. The summed E-state index contributed by atoms with van der Waals surface area (Å²) < 4.78 is 0. The van der Waals surface area contributed by atoms with Gasteiger partial charge in [-0.3, -0.25) is 0 Å². The third-order valence-corrected chi connectivity index (χ3v) is 2.51. The van der Waals surface area contributed by atoms with Crippen LogP contribution in [-0.4, -0.2) is 45.8 Å².